The summed E-state index contributed by atoms with van der Waals surface area (Å²) < 4.78 is 10.5. The summed E-state index contributed by atoms with van der Waals surface area (Å²) in [5.74, 6) is 1.64. The molecule has 0 saturated heterocycles. The number of carbonyl (C=O) groups is 1. The Labute approximate surface area is 149 Å². The molecule has 0 aliphatic heterocycles. The molecule has 4 nitrogen and oxygen atoms in total. The molecule has 0 bridgehead atoms. The van der Waals surface area contributed by atoms with Crippen molar-refractivity contribution in [3.8, 4) is 11.5 Å². The van der Waals surface area contributed by atoms with Crippen LogP contribution in [0.4, 0.5) is 5.69 Å². The van der Waals surface area contributed by atoms with E-state index in [0.29, 0.717) is 17.4 Å². The van der Waals surface area contributed by atoms with Gasteiger partial charge in [0.2, 0.25) is 5.91 Å². The van der Waals surface area contributed by atoms with Crippen LogP contribution >= 0.6 is 0 Å². The van der Waals surface area contributed by atoms with E-state index >= 15 is 0 Å². The van der Waals surface area contributed by atoms with Gasteiger partial charge in [-0.1, -0.05) is 32.0 Å². The zero-order chi connectivity index (χ0) is 18.2. The lowest BCUT2D eigenvalue weighted by Gasteiger charge is -2.10. The van der Waals surface area contributed by atoms with E-state index in [1.807, 2.05) is 30.3 Å². The van der Waals surface area contributed by atoms with Crippen LogP contribution in [-0.4, -0.2) is 20.1 Å². The van der Waals surface area contributed by atoms with E-state index in [4.69, 9.17) is 9.47 Å². The van der Waals surface area contributed by atoms with E-state index in [1.54, 1.807) is 20.3 Å². The Morgan fingerprint density at radius 1 is 1.08 bits per heavy atom. The fourth-order valence-electron chi connectivity index (χ4n) is 2.44. The Morgan fingerprint density at radius 3 is 2.36 bits per heavy atom. The third kappa shape index (κ3) is 5.11. The van der Waals surface area contributed by atoms with Crippen LogP contribution in [-0.2, 0) is 4.79 Å². The first kappa shape index (κ1) is 18.6. The molecular weight excluding hydrogens is 314 g/mol. The lowest BCUT2D eigenvalue weighted by atomic mass is 9.99. The molecule has 1 unspecified atom stereocenters. The minimum absolute atomic E-state index is 0.175. The number of nitrogens with one attached hydrogen (secondary N) is 1. The van der Waals surface area contributed by atoms with Gasteiger partial charge in [-0.05, 0) is 53.8 Å². The largest absolute Gasteiger partial charge is 0.493 e. The van der Waals surface area contributed by atoms with Crippen molar-refractivity contribution in [2.24, 2.45) is 0 Å². The van der Waals surface area contributed by atoms with E-state index in [2.05, 4.69) is 31.3 Å². The van der Waals surface area contributed by atoms with Gasteiger partial charge in [0, 0.05) is 11.8 Å². The van der Waals surface area contributed by atoms with Crippen LogP contribution < -0.4 is 14.8 Å². The summed E-state index contributed by atoms with van der Waals surface area (Å²) in [5.41, 5.74) is 2.93. The Morgan fingerprint density at radius 2 is 1.76 bits per heavy atom. The van der Waals surface area contributed by atoms with Crippen LogP contribution in [0.25, 0.3) is 6.08 Å². The van der Waals surface area contributed by atoms with Crippen molar-refractivity contribution >= 4 is 17.7 Å². The van der Waals surface area contributed by atoms with E-state index < -0.39 is 0 Å². The molecule has 0 aromatic heterocycles. The van der Waals surface area contributed by atoms with Crippen LogP contribution in [0.2, 0.25) is 0 Å². The van der Waals surface area contributed by atoms with Crippen LogP contribution in [0.5, 0.6) is 11.5 Å². The average molecular weight is 339 g/mol. The number of hydrogen-bond acceptors (Lipinski definition) is 3. The summed E-state index contributed by atoms with van der Waals surface area (Å²) in [6.45, 7) is 4.36. The average Bonchev–Trinajstić information content (AvgIpc) is 2.66. The van der Waals surface area contributed by atoms with Crippen molar-refractivity contribution in [1.29, 1.82) is 0 Å². The number of amides is 1. The molecular formula is C21H25NO3. The molecule has 1 atom stereocenters. The van der Waals surface area contributed by atoms with Gasteiger partial charge in [0.05, 0.1) is 14.2 Å². The molecule has 0 aliphatic rings. The van der Waals surface area contributed by atoms with Crippen molar-refractivity contribution in [1.82, 2.24) is 0 Å². The number of hydrogen-bond donors (Lipinski definition) is 1. The molecule has 0 radical (unpaired) electrons. The second kappa shape index (κ2) is 8.92. The first-order valence-corrected chi connectivity index (χ1v) is 8.38. The number of carbonyl (C=O) groups excluding carboxylic acids is 1. The monoisotopic (exact) mass is 339 g/mol. The van der Waals surface area contributed by atoms with Gasteiger partial charge < -0.3 is 14.8 Å². The molecule has 132 valence electrons. The van der Waals surface area contributed by atoms with Gasteiger partial charge in [0.15, 0.2) is 11.5 Å². The summed E-state index contributed by atoms with van der Waals surface area (Å²) in [4.78, 5) is 12.1. The molecule has 2 rings (SSSR count). The highest BCUT2D eigenvalue weighted by molar-refractivity contribution is 6.01. The van der Waals surface area contributed by atoms with Gasteiger partial charge in [-0.15, -0.1) is 0 Å². The summed E-state index contributed by atoms with van der Waals surface area (Å²) in [5, 5.41) is 2.87. The molecule has 1 amide bonds. The zero-order valence-electron chi connectivity index (χ0n) is 15.2. The lowest BCUT2D eigenvalue weighted by molar-refractivity contribution is -0.111. The summed E-state index contributed by atoms with van der Waals surface area (Å²) >= 11 is 0. The highest BCUT2D eigenvalue weighted by Crippen LogP contribution is 2.28. The molecule has 2 aromatic rings. The van der Waals surface area contributed by atoms with Crippen LogP contribution in [0, 0.1) is 0 Å². The van der Waals surface area contributed by atoms with Crippen molar-refractivity contribution in [2.75, 3.05) is 19.5 Å². The number of anilines is 1. The van der Waals surface area contributed by atoms with E-state index in [1.165, 1.54) is 11.6 Å². The Bertz CT molecular complexity index is 735. The Hall–Kier alpha value is -2.75. The lowest BCUT2D eigenvalue weighted by Crippen LogP contribution is -2.07. The third-order valence-corrected chi connectivity index (χ3v) is 4.19. The predicted molar refractivity (Wildman–Crippen MR) is 102 cm³/mol. The Kier molecular flexibility index (Phi) is 6.63. The van der Waals surface area contributed by atoms with Crippen LogP contribution in [0.15, 0.2) is 48.5 Å². The topological polar surface area (TPSA) is 47.6 Å². The SMILES string of the molecule is CCC(C)c1ccc(NC(=O)/C=C/c2ccc(OC)c(OC)c2)cc1. The van der Waals surface area contributed by atoms with Crippen molar-refractivity contribution in [2.45, 2.75) is 26.2 Å². The van der Waals surface area contributed by atoms with Crippen molar-refractivity contribution in [3.63, 3.8) is 0 Å². The number of methoxy groups -OCH3 is 2. The second-order valence-corrected chi connectivity index (χ2v) is 5.87. The molecule has 25 heavy (non-hydrogen) atoms. The van der Waals surface area contributed by atoms with Gasteiger partial charge in [0.1, 0.15) is 0 Å². The fourth-order valence-corrected chi connectivity index (χ4v) is 2.44. The maximum atomic E-state index is 12.1. The number of benzene rings is 2. The number of ether oxygens (including phenoxy) is 2. The maximum absolute atomic E-state index is 12.1. The highest BCUT2D eigenvalue weighted by Gasteiger charge is 2.05. The molecule has 0 fully saturated rings. The standard InChI is InChI=1S/C21H25NO3/c1-5-15(2)17-8-10-18(11-9-17)22-21(23)13-7-16-6-12-19(24-3)20(14-16)25-4/h6-15H,5H2,1-4H3,(H,22,23)/b13-7+. The van der Waals surface area contributed by atoms with E-state index in [0.717, 1.165) is 17.7 Å². The van der Waals surface area contributed by atoms with Crippen LogP contribution in [0.3, 0.4) is 0 Å². The quantitative estimate of drug-likeness (QED) is 0.732. The molecule has 2 aromatic carbocycles. The minimum Gasteiger partial charge on any atom is -0.493 e. The first-order chi connectivity index (χ1) is 12.1. The maximum Gasteiger partial charge on any atom is 0.248 e. The zero-order valence-corrected chi connectivity index (χ0v) is 15.2. The third-order valence-electron chi connectivity index (χ3n) is 4.19. The summed E-state index contributed by atoms with van der Waals surface area (Å²) in [7, 11) is 3.18. The molecule has 0 spiro atoms. The molecule has 0 aliphatic carbocycles. The van der Waals surface area contributed by atoms with Gasteiger partial charge in [0.25, 0.3) is 0 Å². The Balaban J connectivity index is 2.01. The van der Waals surface area contributed by atoms with Crippen molar-refractivity contribution in [3.05, 3.63) is 59.7 Å². The smallest absolute Gasteiger partial charge is 0.248 e. The van der Waals surface area contributed by atoms with Gasteiger partial charge in [-0.3, -0.25) is 4.79 Å². The van der Waals surface area contributed by atoms with E-state index in [9.17, 15) is 4.79 Å². The molecule has 0 saturated carbocycles. The normalized spacial score (nSPS) is 12.0. The molecule has 1 N–H and O–H groups in total. The first-order valence-electron chi connectivity index (χ1n) is 8.38. The second-order valence-electron chi connectivity index (χ2n) is 5.87. The van der Waals surface area contributed by atoms with Gasteiger partial charge in [-0.2, -0.15) is 0 Å². The minimum atomic E-state index is -0.175. The van der Waals surface area contributed by atoms with Gasteiger partial charge in [-0.25, -0.2) is 0 Å². The number of rotatable bonds is 7. The molecule has 4 heteroatoms. The van der Waals surface area contributed by atoms with Crippen molar-refractivity contribution < 1.29 is 14.3 Å². The fraction of sp³-hybridized carbons (Fsp3) is 0.286. The highest BCUT2D eigenvalue weighted by atomic mass is 16.5. The van der Waals surface area contributed by atoms with Crippen LogP contribution in [0.1, 0.15) is 37.3 Å². The summed E-state index contributed by atoms with van der Waals surface area (Å²) in [6.07, 6.45) is 4.34. The molecule has 0 heterocycles. The van der Waals surface area contributed by atoms with Gasteiger partial charge >= 0.3 is 0 Å². The summed E-state index contributed by atoms with van der Waals surface area (Å²) in [6, 6.07) is 13.5. The predicted octanol–water partition coefficient (Wildman–Crippen LogP) is 4.87. The van der Waals surface area contributed by atoms with E-state index in [-0.39, 0.29) is 5.91 Å².